The van der Waals surface area contributed by atoms with Gasteiger partial charge in [-0.25, -0.2) is 4.79 Å². The van der Waals surface area contributed by atoms with E-state index in [2.05, 4.69) is 0 Å². The largest absolute Gasteiger partial charge is 0.453 e. The number of halogens is 4. The van der Waals surface area contributed by atoms with Crippen molar-refractivity contribution in [2.75, 3.05) is 11.9 Å². The molecule has 0 unspecified atom stereocenters. The number of alkyl halides is 3. The van der Waals surface area contributed by atoms with Crippen LogP contribution in [0, 0.1) is 0 Å². The van der Waals surface area contributed by atoms with Crippen molar-refractivity contribution < 1.29 is 22.7 Å². The lowest BCUT2D eigenvalue weighted by Crippen LogP contribution is -2.60. The Bertz CT molecular complexity index is 764. The van der Waals surface area contributed by atoms with Crippen molar-refractivity contribution in [3.05, 3.63) is 64.7 Å². The summed E-state index contributed by atoms with van der Waals surface area (Å²) < 4.78 is 46.8. The standard InChI is InChI=1S/C16H11ClF3NO2/c1-21-13-9-11(17)7-8-12(13)14(22)23-15(21,16(18,19)20)10-5-3-2-4-6-10/h2-9H,1H3/t15-/m0/s1. The minimum atomic E-state index is -4.85. The number of anilines is 1. The van der Waals surface area contributed by atoms with Crippen LogP contribution in [0.25, 0.3) is 0 Å². The maximum absolute atomic E-state index is 13.9. The van der Waals surface area contributed by atoms with Gasteiger partial charge in [0.25, 0.3) is 0 Å². The summed E-state index contributed by atoms with van der Waals surface area (Å²) in [4.78, 5) is 13.1. The number of ether oxygens (including phenoxy) is 1. The van der Waals surface area contributed by atoms with Gasteiger partial charge in [-0.15, -0.1) is 0 Å². The number of rotatable bonds is 1. The molecule has 0 N–H and O–H groups in total. The van der Waals surface area contributed by atoms with E-state index in [9.17, 15) is 18.0 Å². The van der Waals surface area contributed by atoms with Crippen LogP contribution in [0.1, 0.15) is 15.9 Å². The van der Waals surface area contributed by atoms with Crippen LogP contribution in [-0.4, -0.2) is 19.2 Å². The molecule has 0 saturated carbocycles. The number of esters is 1. The van der Waals surface area contributed by atoms with E-state index in [1.807, 2.05) is 0 Å². The van der Waals surface area contributed by atoms with Gasteiger partial charge in [0.1, 0.15) is 0 Å². The van der Waals surface area contributed by atoms with Crippen molar-refractivity contribution in [1.82, 2.24) is 0 Å². The van der Waals surface area contributed by atoms with E-state index in [-0.39, 0.29) is 21.8 Å². The summed E-state index contributed by atoms with van der Waals surface area (Å²) in [5, 5.41) is 0.231. The number of hydrogen-bond acceptors (Lipinski definition) is 3. The number of fused-ring (bicyclic) bond motifs is 1. The Labute approximate surface area is 135 Å². The minimum absolute atomic E-state index is 0.0349. The van der Waals surface area contributed by atoms with Crippen molar-refractivity contribution in [2.45, 2.75) is 11.9 Å². The number of carbonyl (C=O) groups excluding carboxylic acids is 1. The van der Waals surface area contributed by atoms with Gasteiger partial charge < -0.3 is 9.64 Å². The van der Waals surface area contributed by atoms with Gasteiger partial charge in [-0.05, 0) is 18.2 Å². The molecule has 120 valence electrons. The molecule has 1 atom stereocenters. The van der Waals surface area contributed by atoms with Crippen LogP contribution in [0.3, 0.4) is 0 Å². The molecule has 2 aromatic rings. The van der Waals surface area contributed by atoms with E-state index in [1.165, 1.54) is 49.5 Å². The molecule has 1 aliphatic rings. The van der Waals surface area contributed by atoms with Gasteiger partial charge in [0.2, 0.25) is 0 Å². The van der Waals surface area contributed by atoms with Crippen LogP contribution in [0.15, 0.2) is 48.5 Å². The molecule has 0 amide bonds. The van der Waals surface area contributed by atoms with Gasteiger partial charge in [0, 0.05) is 17.6 Å². The SMILES string of the molecule is CN1c2cc(Cl)ccc2C(=O)O[C@@]1(c1ccccc1)C(F)(F)F. The van der Waals surface area contributed by atoms with Gasteiger partial charge in [-0.3, -0.25) is 0 Å². The van der Waals surface area contributed by atoms with Crippen molar-refractivity contribution in [3.63, 3.8) is 0 Å². The first-order valence-electron chi connectivity index (χ1n) is 6.66. The van der Waals surface area contributed by atoms with Crippen molar-refractivity contribution in [2.24, 2.45) is 0 Å². The molecule has 0 bridgehead atoms. The first kappa shape index (κ1) is 15.7. The summed E-state index contributed by atoms with van der Waals surface area (Å²) in [5.74, 6) is -1.05. The van der Waals surface area contributed by atoms with E-state index in [0.717, 1.165) is 4.90 Å². The average molecular weight is 342 g/mol. The lowest BCUT2D eigenvalue weighted by molar-refractivity contribution is -0.265. The van der Waals surface area contributed by atoms with E-state index in [1.54, 1.807) is 6.07 Å². The molecule has 1 heterocycles. The van der Waals surface area contributed by atoms with Crippen LogP contribution < -0.4 is 4.90 Å². The molecule has 1 aliphatic heterocycles. The summed E-state index contributed by atoms with van der Waals surface area (Å²) in [6.07, 6.45) is -4.85. The maximum atomic E-state index is 13.9. The monoisotopic (exact) mass is 341 g/mol. The second kappa shape index (κ2) is 5.16. The molecule has 0 saturated heterocycles. The normalized spacial score (nSPS) is 20.9. The fraction of sp³-hybridized carbons (Fsp3) is 0.188. The van der Waals surface area contributed by atoms with Gasteiger partial charge in [0.05, 0.1) is 11.3 Å². The zero-order valence-electron chi connectivity index (χ0n) is 11.9. The van der Waals surface area contributed by atoms with E-state index >= 15 is 0 Å². The Balaban J connectivity index is 2.29. The third-order valence-electron chi connectivity index (χ3n) is 3.80. The molecule has 7 heteroatoms. The van der Waals surface area contributed by atoms with Crippen LogP contribution in [-0.2, 0) is 10.5 Å². The van der Waals surface area contributed by atoms with Crippen molar-refractivity contribution >= 4 is 23.3 Å². The summed E-state index contributed by atoms with van der Waals surface area (Å²) in [6, 6.07) is 11.1. The average Bonchev–Trinajstić information content (AvgIpc) is 2.50. The molecule has 2 aromatic carbocycles. The number of carbonyl (C=O) groups is 1. The Hall–Kier alpha value is -2.21. The molecular formula is C16H11ClF3NO2. The Morgan fingerprint density at radius 1 is 1.13 bits per heavy atom. The summed E-state index contributed by atoms with van der Waals surface area (Å²) in [6.45, 7) is 0. The molecule has 0 spiro atoms. The Morgan fingerprint density at radius 2 is 1.78 bits per heavy atom. The zero-order chi connectivity index (χ0) is 16.8. The molecule has 23 heavy (non-hydrogen) atoms. The van der Waals surface area contributed by atoms with Crippen LogP contribution in [0.5, 0.6) is 0 Å². The Morgan fingerprint density at radius 3 is 2.39 bits per heavy atom. The van der Waals surface area contributed by atoms with E-state index in [4.69, 9.17) is 16.3 Å². The smallest absolute Gasteiger partial charge is 0.421 e. The second-order valence-electron chi connectivity index (χ2n) is 5.12. The number of hydrogen-bond donors (Lipinski definition) is 0. The van der Waals surface area contributed by atoms with Crippen LogP contribution >= 0.6 is 11.6 Å². The topological polar surface area (TPSA) is 29.5 Å². The first-order valence-corrected chi connectivity index (χ1v) is 7.04. The molecule has 0 radical (unpaired) electrons. The molecule has 0 aromatic heterocycles. The van der Waals surface area contributed by atoms with Gasteiger partial charge in [-0.2, -0.15) is 13.2 Å². The highest BCUT2D eigenvalue weighted by Gasteiger charge is 2.65. The highest BCUT2D eigenvalue weighted by atomic mass is 35.5. The van der Waals surface area contributed by atoms with Crippen molar-refractivity contribution in [3.8, 4) is 0 Å². The molecule has 0 fully saturated rings. The van der Waals surface area contributed by atoms with E-state index in [0.29, 0.717) is 0 Å². The third kappa shape index (κ3) is 2.25. The fourth-order valence-electron chi connectivity index (χ4n) is 2.71. The lowest BCUT2D eigenvalue weighted by Gasteiger charge is -2.46. The lowest BCUT2D eigenvalue weighted by atomic mass is 9.96. The predicted molar refractivity (Wildman–Crippen MR) is 79.4 cm³/mol. The van der Waals surface area contributed by atoms with Crippen LogP contribution in [0.4, 0.5) is 18.9 Å². The highest BCUT2D eigenvalue weighted by molar-refractivity contribution is 6.31. The highest BCUT2D eigenvalue weighted by Crippen LogP contribution is 2.50. The third-order valence-corrected chi connectivity index (χ3v) is 4.04. The first-order chi connectivity index (χ1) is 10.8. The van der Waals surface area contributed by atoms with Gasteiger partial charge in [-0.1, -0.05) is 41.9 Å². The summed E-state index contributed by atoms with van der Waals surface area (Å²) in [5.41, 5.74) is -2.99. The molecule has 0 aliphatic carbocycles. The second-order valence-corrected chi connectivity index (χ2v) is 5.55. The number of benzene rings is 2. The summed E-state index contributed by atoms with van der Waals surface area (Å²) >= 11 is 5.88. The zero-order valence-corrected chi connectivity index (χ0v) is 12.7. The van der Waals surface area contributed by atoms with Crippen LogP contribution in [0.2, 0.25) is 5.02 Å². The molecular weight excluding hydrogens is 331 g/mol. The van der Waals surface area contributed by atoms with Gasteiger partial charge >= 0.3 is 17.9 Å². The number of cyclic esters (lactones) is 1. The minimum Gasteiger partial charge on any atom is -0.421 e. The predicted octanol–water partition coefficient (Wildman–Crippen LogP) is 4.36. The Kier molecular flexibility index (Phi) is 3.52. The summed E-state index contributed by atoms with van der Waals surface area (Å²) in [7, 11) is 1.22. The molecule has 3 nitrogen and oxygen atoms in total. The van der Waals surface area contributed by atoms with E-state index < -0.39 is 17.9 Å². The number of nitrogens with zero attached hydrogens (tertiary/aromatic N) is 1. The quantitative estimate of drug-likeness (QED) is 0.722. The van der Waals surface area contributed by atoms with Crippen molar-refractivity contribution in [1.29, 1.82) is 0 Å². The fourth-order valence-corrected chi connectivity index (χ4v) is 2.88. The maximum Gasteiger partial charge on any atom is 0.453 e. The molecule has 3 rings (SSSR count). The van der Waals surface area contributed by atoms with Gasteiger partial charge in [0.15, 0.2) is 0 Å².